The van der Waals surface area contributed by atoms with Gasteiger partial charge in [0, 0.05) is 19.2 Å². The van der Waals surface area contributed by atoms with Crippen molar-refractivity contribution in [2.45, 2.75) is 25.5 Å². The molecule has 0 unspecified atom stereocenters. The summed E-state index contributed by atoms with van der Waals surface area (Å²) < 4.78 is 5.03. The van der Waals surface area contributed by atoms with Gasteiger partial charge >= 0.3 is 5.97 Å². The van der Waals surface area contributed by atoms with Crippen molar-refractivity contribution < 1.29 is 19.4 Å². The van der Waals surface area contributed by atoms with Gasteiger partial charge in [-0.3, -0.25) is 4.79 Å². The summed E-state index contributed by atoms with van der Waals surface area (Å²) in [5.74, 6) is -1.12. The van der Waals surface area contributed by atoms with Crippen LogP contribution in [0.25, 0.3) is 0 Å². The molecule has 1 N–H and O–H groups in total. The van der Waals surface area contributed by atoms with Crippen molar-refractivity contribution in [3.05, 3.63) is 21.9 Å². The normalized spacial score (nSPS) is 19.2. The van der Waals surface area contributed by atoms with Crippen molar-refractivity contribution in [3.8, 4) is 0 Å². The summed E-state index contributed by atoms with van der Waals surface area (Å²) in [7, 11) is 1.57. The molecular weight excluding hydrogens is 254 g/mol. The van der Waals surface area contributed by atoms with E-state index >= 15 is 0 Å². The number of carbonyl (C=O) groups excluding carboxylic acids is 1. The van der Waals surface area contributed by atoms with Gasteiger partial charge in [-0.25, -0.2) is 4.79 Å². The first-order valence-corrected chi connectivity index (χ1v) is 6.62. The zero-order chi connectivity index (χ0) is 13.1. The van der Waals surface area contributed by atoms with E-state index in [1.807, 2.05) is 11.4 Å². The van der Waals surface area contributed by atoms with Crippen LogP contribution in [0, 0.1) is 0 Å². The second-order valence-corrected chi connectivity index (χ2v) is 5.12. The standard InChI is InChI=1S/C12H15NO4S/c1-17-7-8-4-6-18-10(8)11(14)13-5-2-3-9(13)12(15)16/h4,6,9H,2-3,5,7H2,1H3,(H,15,16)/t9-/m0/s1. The third kappa shape index (κ3) is 2.39. The van der Waals surface area contributed by atoms with Gasteiger partial charge in [-0.2, -0.15) is 0 Å². The summed E-state index contributed by atoms with van der Waals surface area (Å²) in [6, 6.07) is 1.16. The Balaban J connectivity index is 2.20. The number of methoxy groups -OCH3 is 1. The molecule has 1 amide bonds. The third-order valence-electron chi connectivity index (χ3n) is 3.04. The zero-order valence-corrected chi connectivity index (χ0v) is 10.9. The van der Waals surface area contributed by atoms with Gasteiger partial charge in [-0.1, -0.05) is 0 Å². The minimum Gasteiger partial charge on any atom is -0.480 e. The summed E-state index contributed by atoms with van der Waals surface area (Å²) >= 11 is 1.33. The van der Waals surface area contributed by atoms with E-state index in [0.717, 1.165) is 12.0 Å². The molecule has 1 aromatic heterocycles. The van der Waals surface area contributed by atoms with Crippen LogP contribution < -0.4 is 0 Å². The van der Waals surface area contributed by atoms with Crippen molar-refractivity contribution >= 4 is 23.2 Å². The van der Waals surface area contributed by atoms with Crippen molar-refractivity contribution in [1.82, 2.24) is 4.90 Å². The number of likely N-dealkylation sites (tertiary alicyclic amines) is 1. The predicted octanol–water partition coefficient (Wildman–Crippen LogP) is 1.58. The van der Waals surface area contributed by atoms with Crippen LogP contribution in [0.2, 0.25) is 0 Å². The van der Waals surface area contributed by atoms with E-state index < -0.39 is 12.0 Å². The Hall–Kier alpha value is -1.40. The van der Waals surface area contributed by atoms with E-state index in [1.165, 1.54) is 16.2 Å². The molecule has 0 saturated carbocycles. The Morgan fingerprint density at radius 1 is 1.61 bits per heavy atom. The molecule has 1 aromatic rings. The molecule has 1 fully saturated rings. The van der Waals surface area contributed by atoms with E-state index in [-0.39, 0.29) is 5.91 Å². The molecule has 0 aromatic carbocycles. The summed E-state index contributed by atoms with van der Waals surface area (Å²) in [4.78, 5) is 25.5. The molecule has 1 aliphatic heterocycles. The summed E-state index contributed by atoms with van der Waals surface area (Å²) in [5, 5.41) is 10.9. The van der Waals surface area contributed by atoms with E-state index in [9.17, 15) is 9.59 Å². The molecule has 1 aliphatic rings. The van der Waals surface area contributed by atoms with Crippen LogP contribution in [0.15, 0.2) is 11.4 Å². The fraction of sp³-hybridized carbons (Fsp3) is 0.500. The van der Waals surface area contributed by atoms with E-state index in [1.54, 1.807) is 7.11 Å². The minimum absolute atomic E-state index is 0.193. The number of rotatable bonds is 4. The number of carboxylic acids is 1. The summed E-state index contributed by atoms with van der Waals surface area (Å²) in [5.41, 5.74) is 0.823. The Morgan fingerprint density at radius 2 is 2.39 bits per heavy atom. The van der Waals surface area contributed by atoms with Gasteiger partial charge in [0.25, 0.3) is 5.91 Å². The minimum atomic E-state index is -0.925. The first-order valence-electron chi connectivity index (χ1n) is 5.74. The number of hydrogen-bond acceptors (Lipinski definition) is 4. The zero-order valence-electron chi connectivity index (χ0n) is 10.1. The van der Waals surface area contributed by atoms with Crippen LogP contribution in [-0.2, 0) is 16.1 Å². The maximum Gasteiger partial charge on any atom is 0.326 e. The molecule has 6 heteroatoms. The van der Waals surface area contributed by atoms with Gasteiger partial charge in [0.05, 0.1) is 11.5 Å². The Kier molecular flexibility index (Phi) is 3.98. The molecule has 1 saturated heterocycles. The Labute approximate surface area is 109 Å². The molecule has 98 valence electrons. The second kappa shape index (κ2) is 5.49. The van der Waals surface area contributed by atoms with Crippen LogP contribution in [0.1, 0.15) is 28.1 Å². The quantitative estimate of drug-likeness (QED) is 0.901. The highest BCUT2D eigenvalue weighted by Gasteiger charge is 2.35. The predicted molar refractivity (Wildman–Crippen MR) is 66.7 cm³/mol. The average Bonchev–Trinajstić information content (AvgIpc) is 2.96. The molecule has 18 heavy (non-hydrogen) atoms. The van der Waals surface area contributed by atoms with E-state index in [0.29, 0.717) is 24.4 Å². The number of hydrogen-bond donors (Lipinski definition) is 1. The van der Waals surface area contributed by atoms with Crippen LogP contribution >= 0.6 is 11.3 Å². The largest absolute Gasteiger partial charge is 0.480 e. The number of amides is 1. The highest BCUT2D eigenvalue weighted by atomic mass is 32.1. The number of ether oxygens (including phenoxy) is 1. The molecule has 0 radical (unpaired) electrons. The topological polar surface area (TPSA) is 66.8 Å². The second-order valence-electron chi connectivity index (χ2n) is 4.20. The van der Waals surface area contributed by atoms with Gasteiger partial charge in [-0.15, -0.1) is 11.3 Å². The lowest BCUT2D eigenvalue weighted by atomic mass is 10.2. The van der Waals surface area contributed by atoms with Crippen LogP contribution in [0.3, 0.4) is 0 Å². The molecular formula is C12H15NO4S. The lowest BCUT2D eigenvalue weighted by Gasteiger charge is -2.21. The van der Waals surface area contributed by atoms with Crippen LogP contribution in [-0.4, -0.2) is 41.6 Å². The fourth-order valence-electron chi connectivity index (χ4n) is 2.19. The molecule has 0 aliphatic carbocycles. The first-order chi connectivity index (χ1) is 8.65. The van der Waals surface area contributed by atoms with E-state index in [2.05, 4.69) is 0 Å². The van der Waals surface area contributed by atoms with Crippen LogP contribution in [0.4, 0.5) is 0 Å². The highest BCUT2D eigenvalue weighted by Crippen LogP contribution is 2.25. The monoisotopic (exact) mass is 269 g/mol. The molecule has 1 atom stereocenters. The molecule has 5 nitrogen and oxygen atoms in total. The summed E-state index contributed by atoms with van der Waals surface area (Å²) in [6.07, 6.45) is 1.28. The summed E-state index contributed by atoms with van der Waals surface area (Å²) in [6.45, 7) is 0.885. The maximum atomic E-state index is 12.3. The van der Waals surface area contributed by atoms with Gasteiger partial charge in [0.15, 0.2) is 0 Å². The molecule has 0 bridgehead atoms. The average molecular weight is 269 g/mol. The number of nitrogens with zero attached hydrogens (tertiary/aromatic N) is 1. The molecule has 0 spiro atoms. The maximum absolute atomic E-state index is 12.3. The molecule has 2 rings (SSSR count). The lowest BCUT2D eigenvalue weighted by Crippen LogP contribution is -2.40. The number of thiophene rings is 1. The van der Waals surface area contributed by atoms with Crippen LogP contribution in [0.5, 0.6) is 0 Å². The fourth-order valence-corrected chi connectivity index (χ4v) is 3.05. The van der Waals surface area contributed by atoms with Gasteiger partial charge in [0.1, 0.15) is 6.04 Å². The smallest absolute Gasteiger partial charge is 0.326 e. The Morgan fingerprint density at radius 3 is 3.06 bits per heavy atom. The number of carboxylic acid groups (broad SMARTS) is 1. The van der Waals surface area contributed by atoms with Crippen molar-refractivity contribution in [2.24, 2.45) is 0 Å². The van der Waals surface area contributed by atoms with Gasteiger partial charge in [0.2, 0.25) is 0 Å². The van der Waals surface area contributed by atoms with Gasteiger partial charge in [-0.05, 0) is 24.3 Å². The number of carbonyl (C=O) groups is 2. The van der Waals surface area contributed by atoms with E-state index in [4.69, 9.17) is 9.84 Å². The number of aliphatic carboxylic acids is 1. The SMILES string of the molecule is COCc1ccsc1C(=O)N1CCC[C@H]1C(=O)O. The van der Waals surface area contributed by atoms with Crippen molar-refractivity contribution in [2.75, 3.05) is 13.7 Å². The first kappa shape index (κ1) is 13.0. The third-order valence-corrected chi connectivity index (χ3v) is 3.98. The van der Waals surface area contributed by atoms with Crippen molar-refractivity contribution in [3.63, 3.8) is 0 Å². The van der Waals surface area contributed by atoms with Crippen molar-refractivity contribution in [1.29, 1.82) is 0 Å². The molecule has 2 heterocycles. The van der Waals surface area contributed by atoms with Gasteiger partial charge < -0.3 is 14.7 Å². The highest BCUT2D eigenvalue weighted by molar-refractivity contribution is 7.12. The lowest BCUT2D eigenvalue weighted by molar-refractivity contribution is -0.141. The Bertz CT molecular complexity index is 457.